The minimum absolute atomic E-state index is 0.117. The Bertz CT molecular complexity index is 1170. The standard InChI is InChI=1S/C21H19ClN4O2S/c1-13-14(2)26(10-17-7-4-8-28-17)20-19(13)21(24-12-23-20)29-11-18(27)25-16-6-3-5-15(22)9-16/h3-9,12H,10-11H2,1-2H3,(H,25,27). The molecule has 148 valence electrons. The van der Waals surface area contributed by atoms with Crippen molar-refractivity contribution in [1.82, 2.24) is 14.5 Å². The Morgan fingerprint density at radius 3 is 2.86 bits per heavy atom. The summed E-state index contributed by atoms with van der Waals surface area (Å²) < 4.78 is 7.61. The zero-order valence-electron chi connectivity index (χ0n) is 16.0. The van der Waals surface area contributed by atoms with Crippen LogP contribution in [0.5, 0.6) is 0 Å². The molecule has 0 unspecified atom stereocenters. The first-order chi connectivity index (χ1) is 14.0. The molecule has 0 fully saturated rings. The van der Waals surface area contributed by atoms with Gasteiger partial charge in [0.1, 0.15) is 22.8 Å². The highest BCUT2D eigenvalue weighted by Crippen LogP contribution is 2.32. The molecule has 1 amide bonds. The van der Waals surface area contributed by atoms with Crippen molar-refractivity contribution >= 4 is 46.0 Å². The number of carbonyl (C=O) groups is 1. The summed E-state index contributed by atoms with van der Waals surface area (Å²) in [5.74, 6) is 0.979. The van der Waals surface area contributed by atoms with Gasteiger partial charge in [-0.1, -0.05) is 29.4 Å². The largest absolute Gasteiger partial charge is 0.467 e. The van der Waals surface area contributed by atoms with Crippen LogP contribution in [0.3, 0.4) is 0 Å². The Balaban J connectivity index is 1.55. The molecule has 6 nitrogen and oxygen atoms in total. The number of nitrogens with one attached hydrogen (secondary N) is 1. The van der Waals surface area contributed by atoms with Gasteiger partial charge in [-0.05, 0) is 49.7 Å². The number of fused-ring (bicyclic) bond motifs is 1. The van der Waals surface area contributed by atoms with Crippen LogP contribution in [-0.2, 0) is 11.3 Å². The number of amides is 1. The van der Waals surface area contributed by atoms with Gasteiger partial charge in [-0.25, -0.2) is 9.97 Å². The third kappa shape index (κ3) is 4.16. The van der Waals surface area contributed by atoms with Gasteiger partial charge in [0.2, 0.25) is 5.91 Å². The summed E-state index contributed by atoms with van der Waals surface area (Å²) in [5.41, 5.74) is 3.71. The molecule has 0 aliphatic carbocycles. The van der Waals surface area contributed by atoms with E-state index in [0.717, 1.165) is 33.1 Å². The number of hydrogen-bond donors (Lipinski definition) is 1. The molecular formula is C21H19ClN4O2S. The maximum absolute atomic E-state index is 12.4. The number of carbonyl (C=O) groups excluding carboxylic acids is 1. The fourth-order valence-electron chi connectivity index (χ4n) is 3.19. The molecule has 0 aliphatic rings. The van der Waals surface area contributed by atoms with Crippen molar-refractivity contribution in [2.24, 2.45) is 0 Å². The normalized spacial score (nSPS) is 11.1. The van der Waals surface area contributed by atoms with Crippen LogP contribution in [0.2, 0.25) is 5.02 Å². The van der Waals surface area contributed by atoms with Crippen molar-refractivity contribution in [2.75, 3.05) is 11.1 Å². The molecule has 1 aromatic carbocycles. The molecule has 0 saturated heterocycles. The van der Waals surface area contributed by atoms with E-state index < -0.39 is 0 Å². The van der Waals surface area contributed by atoms with Crippen molar-refractivity contribution in [2.45, 2.75) is 25.4 Å². The first kappa shape index (κ1) is 19.5. The number of rotatable bonds is 6. The maximum atomic E-state index is 12.4. The van der Waals surface area contributed by atoms with E-state index in [-0.39, 0.29) is 11.7 Å². The minimum atomic E-state index is -0.117. The Morgan fingerprint density at radius 1 is 1.24 bits per heavy atom. The predicted octanol–water partition coefficient (Wildman–Crippen LogP) is 5.07. The van der Waals surface area contributed by atoms with E-state index in [1.165, 1.54) is 18.1 Å². The van der Waals surface area contributed by atoms with Crippen LogP contribution < -0.4 is 5.32 Å². The molecule has 0 saturated carbocycles. The third-order valence-corrected chi connectivity index (χ3v) is 5.94. The van der Waals surface area contributed by atoms with Crippen LogP contribution in [0.15, 0.2) is 58.4 Å². The third-order valence-electron chi connectivity index (χ3n) is 4.71. The predicted molar refractivity (Wildman–Crippen MR) is 116 cm³/mol. The zero-order chi connectivity index (χ0) is 20.4. The smallest absolute Gasteiger partial charge is 0.234 e. The van der Waals surface area contributed by atoms with Crippen LogP contribution >= 0.6 is 23.4 Å². The molecule has 4 aromatic rings. The average Bonchev–Trinajstić information content (AvgIpc) is 3.30. The van der Waals surface area contributed by atoms with Crippen LogP contribution in [0, 0.1) is 13.8 Å². The summed E-state index contributed by atoms with van der Waals surface area (Å²) in [7, 11) is 0. The van der Waals surface area contributed by atoms with Crippen LogP contribution in [0.25, 0.3) is 11.0 Å². The van der Waals surface area contributed by atoms with Gasteiger partial charge in [-0.15, -0.1) is 0 Å². The number of aromatic nitrogens is 3. The summed E-state index contributed by atoms with van der Waals surface area (Å²) in [5, 5.41) is 5.19. The van der Waals surface area contributed by atoms with Crippen molar-refractivity contribution in [3.8, 4) is 0 Å². The second kappa shape index (κ2) is 8.31. The second-order valence-corrected chi connectivity index (χ2v) is 8.00. The highest BCUT2D eigenvalue weighted by Gasteiger charge is 2.18. The SMILES string of the molecule is Cc1c(C)n(Cc2ccco2)c2ncnc(SCC(=O)Nc3cccc(Cl)c3)c12. The molecular weight excluding hydrogens is 408 g/mol. The van der Waals surface area contributed by atoms with Crippen LogP contribution in [0.4, 0.5) is 5.69 Å². The molecule has 3 aromatic heterocycles. The van der Waals surface area contributed by atoms with Gasteiger partial charge < -0.3 is 14.3 Å². The summed E-state index contributed by atoms with van der Waals surface area (Å²) in [6, 6.07) is 10.9. The van der Waals surface area contributed by atoms with E-state index in [2.05, 4.69) is 33.7 Å². The number of aryl methyl sites for hydroxylation is 1. The Hall–Kier alpha value is -2.77. The highest BCUT2D eigenvalue weighted by molar-refractivity contribution is 8.00. The molecule has 8 heteroatoms. The molecule has 0 radical (unpaired) electrons. The summed E-state index contributed by atoms with van der Waals surface area (Å²) in [4.78, 5) is 21.3. The number of furan rings is 1. The fourth-order valence-corrected chi connectivity index (χ4v) is 4.23. The molecule has 4 rings (SSSR count). The summed E-state index contributed by atoms with van der Waals surface area (Å²) in [6.45, 7) is 4.70. The molecule has 3 heterocycles. The molecule has 0 bridgehead atoms. The number of hydrogen-bond acceptors (Lipinski definition) is 5. The van der Waals surface area contributed by atoms with E-state index in [4.69, 9.17) is 16.0 Å². The highest BCUT2D eigenvalue weighted by atomic mass is 35.5. The zero-order valence-corrected chi connectivity index (χ0v) is 17.5. The van der Waals surface area contributed by atoms with E-state index in [0.29, 0.717) is 17.3 Å². The van der Waals surface area contributed by atoms with Crippen molar-refractivity contribution < 1.29 is 9.21 Å². The van der Waals surface area contributed by atoms with E-state index in [1.54, 1.807) is 30.5 Å². The lowest BCUT2D eigenvalue weighted by Crippen LogP contribution is -2.14. The Morgan fingerprint density at radius 2 is 2.10 bits per heavy atom. The van der Waals surface area contributed by atoms with Gasteiger partial charge in [0, 0.05) is 16.4 Å². The first-order valence-electron chi connectivity index (χ1n) is 9.04. The van der Waals surface area contributed by atoms with Crippen molar-refractivity contribution in [3.05, 3.63) is 71.0 Å². The summed E-state index contributed by atoms with van der Waals surface area (Å²) >= 11 is 7.36. The van der Waals surface area contributed by atoms with Gasteiger partial charge in [0.05, 0.1) is 23.9 Å². The Labute approximate surface area is 177 Å². The number of nitrogens with zero attached hydrogens (tertiary/aromatic N) is 3. The quantitative estimate of drug-likeness (QED) is 0.344. The molecule has 0 spiro atoms. The van der Waals surface area contributed by atoms with E-state index in [9.17, 15) is 4.79 Å². The Kier molecular flexibility index (Phi) is 5.60. The van der Waals surface area contributed by atoms with Gasteiger partial charge in [0.15, 0.2) is 0 Å². The van der Waals surface area contributed by atoms with Gasteiger partial charge in [0.25, 0.3) is 0 Å². The molecule has 0 atom stereocenters. The van der Waals surface area contributed by atoms with Gasteiger partial charge in [-0.2, -0.15) is 0 Å². The number of halogens is 1. The molecule has 1 N–H and O–H groups in total. The number of anilines is 1. The van der Waals surface area contributed by atoms with Crippen molar-refractivity contribution in [1.29, 1.82) is 0 Å². The fraction of sp³-hybridized carbons (Fsp3) is 0.190. The number of thioether (sulfide) groups is 1. The number of benzene rings is 1. The van der Waals surface area contributed by atoms with Crippen LogP contribution in [-0.4, -0.2) is 26.2 Å². The minimum Gasteiger partial charge on any atom is -0.467 e. The monoisotopic (exact) mass is 426 g/mol. The maximum Gasteiger partial charge on any atom is 0.234 e. The van der Waals surface area contributed by atoms with Crippen molar-refractivity contribution in [3.63, 3.8) is 0 Å². The molecule has 29 heavy (non-hydrogen) atoms. The lowest BCUT2D eigenvalue weighted by atomic mass is 10.2. The van der Waals surface area contributed by atoms with Gasteiger partial charge >= 0.3 is 0 Å². The first-order valence-corrected chi connectivity index (χ1v) is 10.4. The van der Waals surface area contributed by atoms with Crippen LogP contribution in [0.1, 0.15) is 17.0 Å². The summed E-state index contributed by atoms with van der Waals surface area (Å²) in [6.07, 6.45) is 3.20. The van der Waals surface area contributed by atoms with Gasteiger partial charge in [-0.3, -0.25) is 4.79 Å². The lowest BCUT2D eigenvalue weighted by Gasteiger charge is -2.07. The second-order valence-electron chi connectivity index (χ2n) is 6.60. The topological polar surface area (TPSA) is 73.0 Å². The van der Waals surface area contributed by atoms with E-state index >= 15 is 0 Å². The molecule has 0 aliphatic heterocycles. The average molecular weight is 427 g/mol. The van der Waals surface area contributed by atoms with E-state index in [1.807, 2.05) is 12.1 Å². The lowest BCUT2D eigenvalue weighted by molar-refractivity contribution is -0.113.